The standard InChI is InChI=1S/C16H14N2O.C11H11BrN2O3.C10H7BrN2O3.C10H9BrN2O.C6H7BO2.C6H5BrN2O2.C6H10O2/c1-10(19)14-9-12-7-8-13(15(17)16(12)18-14)11-5-3-2-4-6-11;1-7(8(2)15)13-6-9-4-3-5-10(12)11(9)14(16)17;1-5(14)8-4-6-2-3-7(11)10(13(15)16)9(6)12-8;1-5(14)8-4-6-2-3-7(11)9(12)10(6)13-8;8-7(9)6-4-2-1-3-5-6;7-4-2-1-3-5(8)6(4)9(10)11;1-4(5(2)7)6(3)8/h2-9,18H,17H2,1H3;3-5H,6H2,1-2H3;2-4,12H,1H3;2-4,13H,12H2,1H3;1-5,8-9H;1-3H,8H2;4H,1-3H3. The first-order valence-corrected chi connectivity index (χ1v) is 30.9. The van der Waals surface area contributed by atoms with Gasteiger partial charge in [0.15, 0.2) is 23.1 Å². The zero-order valence-corrected chi connectivity index (χ0v) is 58.0. The van der Waals surface area contributed by atoms with E-state index in [0.717, 1.165) is 37.4 Å². The van der Waals surface area contributed by atoms with Crippen LogP contribution in [0, 0.1) is 36.3 Å². The number of ketones is 6. The van der Waals surface area contributed by atoms with Crippen LogP contribution in [-0.2, 0) is 20.9 Å². The SMILES string of the molecule is CC(=O)C(C)=NCc1cccc(Br)c1[N+](=O)[O-].CC(=O)C(C)C(C)=O.CC(=O)c1cc2ccc(-c3ccccc3)c(N)c2[nH]1.CC(=O)c1cc2ccc(Br)c(N)c2[nH]1.CC(=O)c1cc2ccc(Br)c([N+](=O)[O-])c2[nH]1.Nc1cccc(Br)c1[N+](=O)[O-].OB(O)c1ccccc1. The van der Waals surface area contributed by atoms with E-state index >= 15 is 0 Å². The van der Waals surface area contributed by atoms with Gasteiger partial charge >= 0.3 is 18.5 Å². The number of nitro benzene ring substituents is 3. The number of H-pyrrole nitrogens is 3. The minimum absolute atomic E-state index is 0.00685. The fraction of sp³-hybridized carbons (Fsp3) is 0.154. The number of fused-ring (bicyclic) bond motifs is 3. The molecule has 94 heavy (non-hydrogen) atoms. The van der Waals surface area contributed by atoms with Crippen LogP contribution in [0.2, 0.25) is 0 Å². The second-order valence-corrected chi connectivity index (χ2v) is 23.7. The lowest BCUT2D eigenvalue weighted by atomic mass is 9.81. The first kappa shape index (κ1) is 76.8. The summed E-state index contributed by atoms with van der Waals surface area (Å²) in [6.45, 7) is 12.1. The Morgan fingerprint density at radius 3 is 1.31 bits per heavy atom. The average Bonchev–Trinajstić information content (AvgIpc) is 1.64. The Balaban J connectivity index is 0.000000238. The number of nitrogens with one attached hydrogen (secondary N) is 3. The number of rotatable bonds is 13. The molecule has 29 heteroatoms. The quantitative estimate of drug-likeness (QED) is 0.0101. The summed E-state index contributed by atoms with van der Waals surface area (Å²) in [5.74, 6) is -0.789. The van der Waals surface area contributed by atoms with Crippen LogP contribution < -0.4 is 22.7 Å². The molecule has 3 heterocycles. The highest BCUT2D eigenvalue weighted by molar-refractivity contribution is 9.11. The summed E-state index contributed by atoms with van der Waals surface area (Å²) in [5, 5.41) is 51.8. The predicted molar refractivity (Wildman–Crippen MR) is 382 cm³/mol. The fourth-order valence-electron chi connectivity index (χ4n) is 8.04. The Morgan fingerprint density at radius 1 is 0.500 bits per heavy atom. The van der Waals surface area contributed by atoms with E-state index in [1.54, 1.807) is 99.6 Å². The predicted octanol–water partition coefficient (Wildman–Crippen LogP) is 14.4. The highest BCUT2D eigenvalue weighted by Crippen LogP contribution is 2.36. The Morgan fingerprint density at radius 2 is 0.904 bits per heavy atom. The number of hydrogen-bond acceptors (Lipinski definition) is 18. The Bertz CT molecular complexity index is 4450. The summed E-state index contributed by atoms with van der Waals surface area (Å²) in [5.41, 5.74) is 25.7. The molecular formula is C65H63BBr4N10O14. The van der Waals surface area contributed by atoms with E-state index in [4.69, 9.17) is 27.2 Å². The summed E-state index contributed by atoms with van der Waals surface area (Å²) in [6, 6.07) is 44.6. The molecule has 10 rings (SSSR count). The number of anilines is 3. The molecule has 0 radical (unpaired) electrons. The lowest BCUT2D eigenvalue weighted by molar-refractivity contribution is -0.386. The van der Waals surface area contributed by atoms with Gasteiger partial charge < -0.3 is 42.2 Å². The number of Topliss-reactive ketones (excluding diaryl/α,β-unsaturated/α-hetero) is 6. The van der Waals surface area contributed by atoms with E-state index in [-0.39, 0.29) is 64.0 Å². The molecule has 0 bridgehead atoms. The van der Waals surface area contributed by atoms with Gasteiger partial charge in [-0.05, 0) is 151 Å². The molecule has 0 aliphatic heterocycles. The Hall–Kier alpha value is -9.65. The largest absolute Gasteiger partial charge is 0.488 e. The van der Waals surface area contributed by atoms with E-state index in [2.05, 4.69) is 83.7 Å². The van der Waals surface area contributed by atoms with Crippen LogP contribution >= 0.6 is 63.7 Å². The summed E-state index contributed by atoms with van der Waals surface area (Å²) in [7, 11) is -1.34. The molecular weight excluding hydrogens is 1480 g/mol. The van der Waals surface area contributed by atoms with E-state index in [9.17, 15) is 59.1 Å². The van der Waals surface area contributed by atoms with Crippen LogP contribution in [-0.4, -0.2) is 87.3 Å². The van der Waals surface area contributed by atoms with Crippen LogP contribution in [0.5, 0.6) is 0 Å². The lowest BCUT2D eigenvalue weighted by Crippen LogP contribution is -2.29. The van der Waals surface area contributed by atoms with Gasteiger partial charge in [0, 0.05) is 53.9 Å². The molecule has 0 saturated carbocycles. The van der Waals surface area contributed by atoms with Crippen LogP contribution in [0.25, 0.3) is 43.8 Å². The van der Waals surface area contributed by atoms with Crippen molar-refractivity contribution in [3.05, 3.63) is 223 Å². The number of nitrogen functional groups attached to an aromatic ring is 3. The van der Waals surface area contributed by atoms with E-state index in [1.807, 2.05) is 66.7 Å². The molecule has 0 saturated heterocycles. The molecule has 0 atom stereocenters. The minimum atomic E-state index is -1.34. The van der Waals surface area contributed by atoms with Crippen molar-refractivity contribution in [1.29, 1.82) is 0 Å². The first-order chi connectivity index (χ1) is 44.2. The second-order valence-electron chi connectivity index (χ2n) is 20.2. The number of halogens is 4. The van der Waals surface area contributed by atoms with Crippen molar-refractivity contribution >= 4 is 184 Å². The Kier molecular flexibility index (Phi) is 29.4. The molecule has 0 amide bonds. The number of carbonyl (C=O) groups excluding carboxylic acids is 6. The van der Waals surface area contributed by atoms with Gasteiger partial charge in [0.05, 0.1) is 91.4 Å². The number of hydrogen-bond donors (Lipinski definition) is 8. The van der Waals surface area contributed by atoms with Crippen LogP contribution in [0.15, 0.2) is 175 Å². The molecule has 0 aliphatic carbocycles. The molecule has 11 N–H and O–H groups in total. The number of nitrogens with two attached hydrogens (primary N) is 3. The van der Waals surface area contributed by atoms with Gasteiger partial charge in [-0.25, -0.2) is 0 Å². The smallest absolute Gasteiger partial charge is 0.423 e. The van der Waals surface area contributed by atoms with Gasteiger partial charge in [-0.15, -0.1) is 0 Å². The molecule has 0 aliphatic rings. The third-order valence-corrected chi connectivity index (χ3v) is 16.1. The molecule has 10 aromatic rings. The third-order valence-electron chi connectivity index (χ3n) is 13.5. The molecule has 24 nitrogen and oxygen atoms in total. The molecule has 3 aromatic heterocycles. The average molecular weight is 1540 g/mol. The number of aromatic amines is 3. The molecule has 0 spiro atoms. The normalized spacial score (nSPS) is 10.4. The number of benzene rings is 7. The van der Waals surface area contributed by atoms with Crippen molar-refractivity contribution in [3.8, 4) is 11.1 Å². The molecule has 0 unspecified atom stereocenters. The maximum atomic E-state index is 11.4. The van der Waals surface area contributed by atoms with Crippen molar-refractivity contribution in [2.24, 2.45) is 10.9 Å². The van der Waals surface area contributed by atoms with Crippen LogP contribution in [0.3, 0.4) is 0 Å². The van der Waals surface area contributed by atoms with Crippen molar-refractivity contribution < 1.29 is 53.6 Å². The van der Waals surface area contributed by atoms with Gasteiger partial charge in [-0.1, -0.05) is 103 Å². The maximum absolute atomic E-state index is 11.4. The number of nitrogens with zero attached hydrogens (tertiary/aromatic N) is 4. The van der Waals surface area contributed by atoms with Gasteiger partial charge in [-0.2, -0.15) is 0 Å². The number of nitro groups is 3. The van der Waals surface area contributed by atoms with E-state index in [0.29, 0.717) is 69.5 Å². The van der Waals surface area contributed by atoms with Crippen LogP contribution in [0.1, 0.15) is 92.4 Å². The minimum Gasteiger partial charge on any atom is -0.423 e. The summed E-state index contributed by atoms with van der Waals surface area (Å²) in [6.07, 6.45) is 0. The topological polar surface area (TPSA) is 410 Å². The molecule has 488 valence electrons. The number of para-hydroxylation sites is 2. The first-order valence-electron chi connectivity index (χ1n) is 27.7. The lowest BCUT2D eigenvalue weighted by Gasteiger charge is -2.06. The van der Waals surface area contributed by atoms with Crippen molar-refractivity contribution in [2.45, 2.75) is 61.9 Å². The maximum Gasteiger partial charge on any atom is 0.488 e. The van der Waals surface area contributed by atoms with Gasteiger partial charge in [0.2, 0.25) is 0 Å². The van der Waals surface area contributed by atoms with Gasteiger partial charge in [-0.3, -0.25) is 64.1 Å². The van der Waals surface area contributed by atoms with Crippen molar-refractivity contribution in [3.63, 3.8) is 0 Å². The molecule has 0 fully saturated rings. The number of aromatic nitrogens is 3. The monoisotopic (exact) mass is 1530 g/mol. The van der Waals surface area contributed by atoms with Crippen molar-refractivity contribution in [2.75, 3.05) is 17.2 Å². The number of carbonyl (C=O) groups is 6. The summed E-state index contributed by atoms with van der Waals surface area (Å²) >= 11 is 12.6. The zero-order chi connectivity index (χ0) is 70.4. The van der Waals surface area contributed by atoms with E-state index in [1.165, 1.54) is 40.7 Å². The highest BCUT2D eigenvalue weighted by Gasteiger charge is 2.21. The molecule has 7 aromatic carbocycles. The van der Waals surface area contributed by atoms with Gasteiger partial charge in [0.1, 0.15) is 22.8 Å². The third kappa shape index (κ3) is 21.7. The second kappa shape index (κ2) is 36.0. The van der Waals surface area contributed by atoms with Crippen molar-refractivity contribution in [1.82, 2.24) is 15.0 Å². The van der Waals surface area contributed by atoms with Crippen LogP contribution in [0.4, 0.5) is 34.1 Å². The highest BCUT2D eigenvalue weighted by atomic mass is 79.9. The summed E-state index contributed by atoms with van der Waals surface area (Å²) < 4.78 is 2.04. The Labute approximate surface area is 571 Å². The van der Waals surface area contributed by atoms with E-state index < -0.39 is 27.8 Å². The number of aliphatic imine (C=N–C) groups is 1. The summed E-state index contributed by atoms with van der Waals surface area (Å²) in [4.78, 5) is 109. The fourth-order valence-corrected chi connectivity index (χ4v) is 9.92. The van der Waals surface area contributed by atoms with Gasteiger partial charge in [0.25, 0.3) is 5.69 Å². The zero-order valence-electron chi connectivity index (χ0n) is 51.6.